The second-order valence-electron chi connectivity index (χ2n) is 7.69. The molecule has 1 saturated heterocycles. The van der Waals surface area contributed by atoms with Crippen LogP contribution in [0.3, 0.4) is 0 Å². The van der Waals surface area contributed by atoms with Crippen molar-refractivity contribution in [2.45, 2.75) is 63.7 Å². The van der Waals surface area contributed by atoms with Gasteiger partial charge >= 0.3 is 0 Å². The lowest BCUT2D eigenvalue weighted by Crippen LogP contribution is -2.55. The lowest BCUT2D eigenvalue weighted by atomic mass is 9.83. The highest BCUT2D eigenvalue weighted by atomic mass is 32.2. The Balaban J connectivity index is 1.84. The number of rotatable bonds is 4. The second-order valence-corrected chi connectivity index (χ2v) is 10.6. The van der Waals surface area contributed by atoms with Crippen LogP contribution in [0.25, 0.3) is 0 Å². The molecule has 1 heterocycles. The van der Waals surface area contributed by atoms with Gasteiger partial charge in [0.1, 0.15) is 0 Å². The highest BCUT2D eigenvalue weighted by Crippen LogP contribution is 2.27. The molecule has 1 aliphatic carbocycles. The molecule has 4 nitrogen and oxygen atoms in total. The first-order valence-electron chi connectivity index (χ1n) is 8.48. The number of sulfone groups is 1. The summed E-state index contributed by atoms with van der Waals surface area (Å²) in [4.78, 5) is 2.35. The first-order valence-corrected chi connectivity index (χ1v) is 10.1. The van der Waals surface area contributed by atoms with Gasteiger partial charge in [0.15, 0.2) is 9.84 Å². The third-order valence-electron chi connectivity index (χ3n) is 5.12. The minimum Gasteiger partial charge on any atom is -0.311 e. The molecular formula is C16H32N2O2S. The van der Waals surface area contributed by atoms with Gasteiger partial charge < -0.3 is 5.32 Å². The zero-order valence-electron chi connectivity index (χ0n) is 13.9. The molecule has 1 atom stereocenters. The van der Waals surface area contributed by atoms with Crippen molar-refractivity contribution in [2.24, 2.45) is 5.92 Å². The molecule has 124 valence electrons. The summed E-state index contributed by atoms with van der Waals surface area (Å²) in [5.41, 5.74) is 0. The van der Waals surface area contributed by atoms with Crippen LogP contribution in [-0.4, -0.2) is 56.0 Å². The summed E-state index contributed by atoms with van der Waals surface area (Å²) in [6.45, 7) is 9.06. The molecular weight excluding hydrogens is 284 g/mol. The Kier molecular flexibility index (Phi) is 5.71. The van der Waals surface area contributed by atoms with Gasteiger partial charge in [-0.3, -0.25) is 4.90 Å². The normalized spacial score (nSPS) is 26.9. The van der Waals surface area contributed by atoms with Crippen LogP contribution in [-0.2, 0) is 9.84 Å². The fourth-order valence-corrected chi connectivity index (χ4v) is 4.56. The maximum absolute atomic E-state index is 12.2. The molecule has 21 heavy (non-hydrogen) atoms. The molecule has 5 heteroatoms. The Morgan fingerprint density at radius 2 is 1.81 bits per heavy atom. The van der Waals surface area contributed by atoms with Gasteiger partial charge in [0, 0.05) is 32.2 Å². The van der Waals surface area contributed by atoms with Crippen LogP contribution in [0.4, 0.5) is 0 Å². The van der Waals surface area contributed by atoms with Gasteiger partial charge in [0.05, 0.1) is 10.5 Å². The van der Waals surface area contributed by atoms with Gasteiger partial charge in [-0.2, -0.15) is 0 Å². The summed E-state index contributed by atoms with van der Waals surface area (Å²) >= 11 is 0. The van der Waals surface area contributed by atoms with Crippen LogP contribution < -0.4 is 5.32 Å². The topological polar surface area (TPSA) is 49.4 Å². The molecule has 0 amide bonds. The van der Waals surface area contributed by atoms with Crippen molar-refractivity contribution >= 4 is 9.84 Å². The van der Waals surface area contributed by atoms with E-state index in [4.69, 9.17) is 0 Å². The number of nitrogens with zero attached hydrogens (tertiary/aromatic N) is 1. The minimum atomic E-state index is -3.00. The summed E-state index contributed by atoms with van der Waals surface area (Å²) in [5, 5.41) is 3.66. The number of piperazine rings is 1. The van der Waals surface area contributed by atoms with E-state index in [0.717, 1.165) is 25.6 Å². The van der Waals surface area contributed by atoms with Crippen LogP contribution in [0.15, 0.2) is 0 Å². The molecule has 1 N–H and O–H groups in total. The van der Waals surface area contributed by atoms with Gasteiger partial charge in [-0.15, -0.1) is 0 Å². The Bertz CT molecular complexity index is 422. The van der Waals surface area contributed by atoms with Crippen LogP contribution in [0.1, 0.15) is 52.9 Å². The Labute approximate surface area is 130 Å². The molecule has 0 radical (unpaired) electrons. The van der Waals surface area contributed by atoms with Gasteiger partial charge in [0.2, 0.25) is 0 Å². The van der Waals surface area contributed by atoms with E-state index in [1.54, 1.807) is 20.8 Å². The van der Waals surface area contributed by atoms with Crippen molar-refractivity contribution in [2.75, 3.05) is 31.9 Å². The monoisotopic (exact) mass is 316 g/mol. The Morgan fingerprint density at radius 1 is 1.14 bits per heavy atom. The van der Waals surface area contributed by atoms with Crippen LogP contribution >= 0.6 is 0 Å². The predicted octanol–water partition coefficient (Wildman–Crippen LogP) is 2.05. The Hall–Kier alpha value is -0.130. The van der Waals surface area contributed by atoms with E-state index in [-0.39, 0.29) is 5.75 Å². The van der Waals surface area contributed by atoms with E-state index in [1.165, 1.54) is 32.1 Å². The summed E-state index contributed by atoms with van der Waals surface area (Å²) < 4.78 is 23.8. The van der Waals surface area contributed by atoms with E-state index >= 15 is 0 Å². The highest BCUT2D eigenvalue weighted by Gasteiger charge is 2.31. The highest BCUT2D eigenvalue weighted by molar-refractivity contribution is 7.92. The Morgan fingerprint density at radius 3 is 2.43 bits per heavy atom. The van der Waals surface area contributed by atoms with E-state index < -0.39 is 14.6 Å². The van der Waals surface area contributed by atoms with Gasteiger partial charge in [0.25, 0.3) is 0 Å². The number of hydrogen-bond donors (Lipinski definition) is 1. The van der Waals surface area contributed by atoms with Crippen molar-refractivity contribution in [1.29, 1.82) is 0 Å². The zero-order chi connectivity index (χ0) is 15.5. The van der Waals surface area contributed by atoms with Gasteiger partial charge in [-0.1, -0.05) is 19.3 Å². The lowest BCUT2D eigenvalue weighted by molar-refractivity contribution is 0.152. The van der Waals surface area contributed by atoms with Crippen LogP contribution in [0, 0.1) is 5.92 Å². The smallest absolute Gasteiger partial charge is 0.156 e. The van der Waals surface area contributed by atoms with E-state index in [0.29, 0.717) is 12.6 Å². The van der Waals surface area contributed by atoms with Crippen LogP contribution in [0.2, 0.25) is 0 Å². The fourth-order valence-electron chi connectivity index (χ4n) is 3.45. The molecule has 0 spiro atoms. The molecule has 0 aromatic rings. The molecule has 1 aliphatic heterocycles. The summed E-state index contributed by atoms with van der Waals surface area (Å²) in [5.74, 6) is 1.08. The second kappa shape index (κ2) is 6.97. The zero-order valence-corrected chi connectivity index (χ0v) is 14.7. The van der Waals surface area contributed by atoms with Gasteiger partial charge in [-0.25, -0.2) is 8.42 Å². The van der Waals surface area contributed by atoms with E-state index in [1.807, 2.05) is 0 Å². The maximum Gasteiger partial charge on any atom is 0.156 e. The largest absolute Gasteiger partial charge is 0.311 e. The van der Waals surface area contributed by atoms with Crippen molar-refractivity contribution < 1.29 is 8.42 Å². The molecule has 1 unspecified atom stereocenters. The SMILES string of the molecule is CC(C)(C)S(=O)(=O)CCN1CCNC(C2CCCCC2)C1. The maximum atomic E-state index is 12.2. The lowest BCUT2D eigenvalue weighted by Gasteiger charge is -2.39. The third kappa shape index (κ3) is 4.67. The van der Waals surface area contributed by atoms with Crippen molar-refractivity contribution in [3.05, 3.63) is 0 Å². The number of hydrogen-bond acceptors (Lipinski definition) is 4. The summed E-state index contributed by atoms with van der Waals surface area (Å²) in [6.07, 6.45) is 6.79. The number of nitrogens with one attached hydrogen (secondary N) is 1. The molecule has 1 saturated carbocycles. The molecule has 0 bridgehead atoms. The molecule has 0 aromatic carbocycles. The van der Waals surface area contributed by atoms with Crippen LogP contribution in [0.5, 0.6) is 0 Å². The van der Waals surface area contributed by atoms with E-state index in [2.05, 4.69) is 10.2 Å². The first-order chi connectivity index (χ1) is 9.79. The average molecular weight is 317 g/mol. The minimum absolute atomic E-state index is 0.286. The summed E-state index contributed by atoms with van der Waals surface area (Å²) in [7, 11) is -3.00. The van der Waals surface area contributed by atoms with E-state index in [9.17, 15) is 8.42 Å². The predicted molar refractivity (Wildman–Crippen MR) is 88.3 cm³/mol. The van der Waals surface area contributed by atoms with Crippen molar-refractivity contribution in [3.8, 4) is 0 Å². The quantitative estimate of drug-likeness (QED) is 0.862. The fraction of sp³-hybridized carbons (Fsp3) is 1.00. The standard InChI is InChI=1S/C16H32N2O2S/c1-16(2,3)21(19,20)12-11-18-10-9-17-15(13-18)14-7-5-4-6-8-14/h14-15,17H,4-13H2,1-3H3. The third-order valence-corrected chi connectivity index (χ3v) is 7.70. The first kappa shape index (κ1) is 17.2. The molecule has 2 fully saturated rings. The summed E-state index contributed by atoms with van der Waals surface area (Å²) in [6, 6.07) is 0.566. The van der Waals surface area contributed by atoms with Gasteiger partial charge in [-0.05, 0) is 39.5 Å². The molecule has 0 aromatic heterocycles. The van der Waals surface area contributed by atoms with Crippen molar-refractivity contribution in [1.82, 2.24) is 10.2 Å². The molecule has 2 aliphatic rings. The molecule has 2 rings (SSSR count). The van der Waals surface area contributed by atoms with Crippen molar-refractivity contribution in [3.63, 3.8) is 0 Å². The average Bonchev–Trinajstić information content (AvgIpc) is 2.45.